The number of halogens is 1. The van der Waals surface area contributed by atoms with E-state index < -0.39 is 0 Å². The Morgan fingerprint density at radius 3 is 2.38 bits per heavy atom. The summed E-state index contributed by atoms with van der Waals surface area (Å²) in [4.78, 5) is 12.1. The summed E-state index contributed by atoms with van der Waals surface area (Å²) in [7, 11) is 3.18. The zero-order valence-corrected chi connectivity index (χ0v) is 14.6. The van der Waals surface area contributed by atoms with E-state index in [-0.39, 0.29) is 18.6 Å². The molecule has 0 fully saturated rings. The lowest BCUT2D eigenvalue weighted by atomic mass is 10.1. The molecule has 0 saturated heterocycles. The summed E-state index contributed by atoms with van der Waals surface area (Å²) in [5, 5.41) is 3.49. The second-order valence-corrected chi connectivity index (χ2v) is 5.58. The Hall–Kier alpha value is -2.40. The molecule has 1 N–H and O–H groups in total. The Morgan fingerprint density at radius 2 is 1.75 bits per heavy atom. The molecule has 6 heteroatoms. The number of nitrogens with one attached hydrogen (secondary N) is 1. The lowest BCUT2D eigenvalue weighted by Crippen LogP contribution is -2.31. The summed E-state index contributed by atoms with van der Waals surface area (Å²) < 4.78 is 16.0. The van der Waals surface area contributed by atoms with E-state index in [1.165, 1.54) is 0 Å². The van der Waals surface area contributed by atoms with Crippen molar-refractivity contribution in [3.8, 4) is 17.2 Å². The number of benzene rings is 2. The average molecular weight is 350 g/mol. The zero-order chi connectivity index (χ0) is 17.5. The molecule has 24 heavy (non-hydrogen) atoms. The predicted octanol–water partition coefficient (Wildman–Crippen LogP) is 3.61. The first-order chi connectivity index (χ1) is 11.5. The molecule has 0 saturated carbocycles. The summed E-state index contributed by atoms with van der Waals surface area (Å²) in [6.07, 6.45) is 0. The zero-order valence-electron chi connectivity index (χ0n) is 13.8. The van der Waals surface area contributed by atoms with Crippen LogP contribution in [-0.4, -0.2) is 26.7 Å². The van der Waals surface area contributed by atoms with Gasteiger partial charge in [0, 0.05) is 10.6 Å². The average Bonchev–Trinajstić information content (AvgIpc) is 2.60. The van der Waals surface area contributed by atoms with Crippen LogP contribution in [0.1, 0.15) is 18.5 Å². The van der Waals surface area contributed by atoms with Crippen LogP contribution in [0.15, 0.2) is 42.5 Å². The Bertz CT molecular complexity index is 688. The lowest BCUT2D eigenvalue weighted by molar-refractivity contribution is -0.123. The van der Waals surface area contributed by atoms with Gasteiger partial charge in [-0.15, -0.1) is 0 Å². The molecule has 0 aromatic heterocycles. The summed E-state index contributed by atoms with van der Waals surface area (Å²) in [6, 6.07) is 12.0. The molecule has 0 unspecified atom stereocenters. The van der Waals surface area contributed by atoms with Gasteiger partial charge in [0.2, 0.25) is 0 Å². The van der Waals surface area contributed by atoms with Gasteiger partial charge in [-0.2, -0.15) is 0 Å². The maximum absolute atomic E-state index is 12.1. The van der Waals surface area contributed by atoms with Gasteiger partial charge < -0.3 is 19.5 Å². The maximum Gasteiger partial charge on any atom is 0.258 e. The van der Waals surface area contributed by atoms with Crippen LogP contribution in [0.25, 0.3) is 0 Å². The van der Waals surface area contributed by atoms with Crippen LogP contribution in [0.2, 0.25) is 5.02 Å². The molecule has 0 spiro atoms. The summed E-state index contributed by atoms with van der Waals surface area (Å²) in [5.74, 6) is 1.73. The normalized spacial score (nSPS) is 11.5. The van der Waals surface area contributed by atoms with Gasteiger partial charge >= 0.3 is 0 Å². The number of hydrogen-bond acceptors (Lipinski definition) is 4. The standard InChI is InChI=1S/C18H20ClNO4/c1-12(16-10-15(22-2)8-9-17(16)23-3)20-18(21)11-24-14-6-4-13(19)5-7-14/h4-10,12H,11H2,1-3H3,(H,20,21)/t12-/m0/s1. The predicted molar refractivity (Wildman–Crippen MR) is 93.1 cm³/mol. The third-order valence-corrected chi connectivity index (χ3v) is 3.72. The molecule has 0 radical (unpaired) electrons. The van der Waals surface area contributed by atoms with E-state index in [0.717, 1.165) is 5.56 Å². The van der Waals surface area contributed by atoms with Crippen molar-refractivity contribution in [1.82, 2.24) is 5.32 Å². The van der Waals surface area contributed by atoms with Gasteiger partial charge in [0.15, 0.2) is 6.61 Å². The van der Waals surface area contributed by atoms with Crippen molar-refractivity contribution in [3.63, 3.8) is 0 Å². The van der Waals surface area contributed by atoms with E-state index in [1.807, 2.05) is 13.0 Å². The highest BCUT2D eigenvalue weighted by Crippen LogP contribution is 2.29. The number of rotatable bonds is 7. The van der Waals surface area contributed by atoms with Gasteiger partial charge in [0.05, 0.1) is 20.3 Å². The van der Waals surface area contributed by atoms with E-state index in [4.69, 9.17) is 25.8 Å². The number of carbonyl (C=O) groups excluding carboxylic acids is 1. The van der Waals surface area contributed by atoms with E-state index in [9.17, 15) is 4.79 Å². The first kappa shape index (κ1) is 17.9. The number of hydrogen-bond donors (Lipinski definition) is 1. The second kappa shape index (κ2) is 8.45. The van der Waals surface area contributed by atoms with Gasteiger partial charge in [-0.1, -0.05) is 11.6 Å². The van der Waals surface area contributed by atoms with Gasteiger partial charge in [-0.3, -0.25) is 4.79 Å². The van der Waals surface area contributed by atoms with E-state index >= 15 is 0 Å². The minimum atomic E-state index is -0.253. The van der Waals surface area contributed by atoms with Crippen molar-refractivity contribution in [2.75, 3.05) is 20.8 Å². The highest BCUT2D eigenvalue weighted by Gasteiger charge is 2.15. The SMILES string of the molecule is COc1ccc(OC)c([C@H](C)NC(=O)COc2ccc(Cl)cc2)c1. The van der Waals surface area contributed by atoms with Crippen LogP contribution in [0.5, 0.6) is 17.2 Å². The molecule has 0 heterocycles. The number of methoxy groups -OCH3 is 2. The summed E-state index contributed by atoms with van der Waals surface area (Å²) >= 11 is 5.81. The minimum Gasteiger partial charge on any atom is -0.497 e. The molecule has 1 amide bonds. The van der Waals surface area contributed by atoms with Crippen LogP contribution in [0.3, 0.4) is 0 Å². The molecular weight excluding hydrogens is 330 g/mol. The molecule has 0 bridgehead atoms. The fourth-order valence-corrected chi connectivity index (χ4v) is 2.34. The third kappa shape index (κ3) is 4.80. The molecule has 0 aliphatic rings. The quantitative estimate of drug-likeness (QED) is 0.829. The largest absolute Gasteiger partial charge is 0.497 e. The molecule has 5 nitrogen and oxygen atoms in total. The monoisotopic (exact) mass is 349 g/mol. The highest BCUT2D eigenvalue weighted by atomic mass is 35.5. The number of ether oxygens (including phenoxy) is 3. The Kier molecular flexibility index (Phi) is 6.32. The van der Waals surface area contributed by atoms with Crippen molar-refractivity contribution >= 4 is 17.5 Å². The van der Waals surface area contributed by atoms with Crippen molar-refractivity contribution < 1.29 is 19.0 Å². The van der Waals surface area contributed by atoms with E-state index in [0.29, 0.717) is 22.3 Å². The summed E-state index contributed by atoms with van der Waals surface area (Å²) in [6.45, 7) is 1.79. The molecule has 1 atom stereocenters. The second-order valence-electron chi connectivity index (χ2n) is 5.14. The van der Waals surface area contributed by atoms with Crippen molar-refractivity contribution in [2.24, 2.45) is 0 Å². The van der Waals surface area contributed by atoms with Gasteiger partial charge in [-0.25, -0.2) is 0 Å². The smallest absolute Gasteiger partial charge is 0.258 e. The topological polar surface area (TPSA) is 56.8 Å². The Morgan fingerprint density at radius 1 is 1.08 bits per heavy atom. The van der Waals surface area contributed by atoms with Crippen LogP contribution < -0.4 is 19.5 Å². The van der Waals surface area contributed by atoms with E-state index in [2.05, 4.69) is 5.32 Å². The van der Waals surface area contributed by atoms with Crippen LogP contribution in [0.4, 0.5) is 0 Å². The molecule has 0 aliphatic carbocycles. The van der Waals surface area contributed by atoms with Crippen molar-refractivity contribution in [1.29, 1.82) is 0 Å². The first-order valence-corrected chi connectivity index (χ1v) is 7.81. The van der Waals surface area contributed by atoms with Crippen molar-refractivity contribution in [3.05, 3.63) is 53.1 Å². The van der Waals surface area contributed by atoms with Crippen LogP contribution in [0, 0.1) is 0 Å². The fraction of sp³-hybridized carbons (Fsp3) is 0.278. The molecular formula is C18H20ClNO4. The number of amides is 1. The molecule has 128 valence electrons. The van der Waals surface area contributed by atoms with Gasteiger partial charge in [0.1, 0.15) is 17.2 Å². The lowest BCUT2D eigenvalue weighted by Gasteiger charge is -2.18. The Balaban J connectivity index is 1.97. The molecule has 2 aromatic carbocycles. The molecule has 2 aromatic rings. The fourth-order valence-electron chi connectivity index (χ4n) is 2.22. The van der Waals surface area contributed by atoms with Crippen LogP contribution in [-0.2, 0) is 4.79 Å². The minimum absolute atomic E-state index is 0.0851. The Labute approximate surface area is 146 Å². The van der Waals surface area contributed by atoms with Gasteiger partial charge in [-0.05, 0) is 49.4 Å². The number of carbonyl (C=O) groups is 1. The van der Waals surface area contributed by atoms with E-state index in [1.54, 1.807) is 50.6 Å². The molecule has 2 rings (SSSR count). The summed E-state index contributed by atoms with van der Waals surface area (Å²) in [5.41, 5.74) is 0.830. The van der Waals surface area contributed by atoms with Gasteiger partial charge in [0.25, 0.3) is 5.91 Å². The van der Waals surface area contributed by atoms with Crippen molar-refractivity contribution in [2.45, 2.75) is 13.0 Å². The maximum atomic E-state index is 12.1. The molecule has 0 aliphatic heterocycles. The highest BCUT2D eigenvalue weighted by molar-refractivity contribution is 6.30. The van der Waals surface area contributed by atoms with Crippen LogP contribution >= 0.6 is 11.6 Å². The first-order valence-electron chi connectivity index (χ1n) is 7.43. The third-order valence-electron chi connectivity index (χ3n) is 3.46.